The first-order valence-corrected chi connectivity index (χ1v) is 6.25. The van der Waals surface area contributed by atoms with Gasteiger partial charge in [0.15, 0.2) is 0 Å². The van der Waals surface area contributed by atoms with E-state index in [-0.39, 0.29) is 24.4 Å². The first kappa shape index (κ1) is 17.8. The van der Waals surface area contributed by atoms with Crippen LogP contribution in [-0.2, 0) is 11.3 Å². The lowest BCUT2D eigenvalue weighted by Gasteiger charge is -2.19. The van der Waals surface area contributed by atoms with Crippen LogP contribution < -0.4 is 15.4 Å². The van der Waals surface area contributed by atoms with Gasteiger partial charge in [0, 0.05) is 19.2 Å². The summed E-state index contributed by atoms with van der Waals surface area (Å²) in [5.74, 6) is -0.898. The highest BCUT2D eigenvalue weighted by Crippen LogP contribution is 2.26. The lowest BCUT2D eigenvalue weighted by Crippen LogP contribution is -2.42. The van der Waals surface area contributed by atoms with Crippen molar-refractivity contribution < 1.29 is 27.5 Å². The number of carbonyl (C=O) groups excluding carboxylic acids is 2. The quantitative estimate of drug-likeness (QED) is 0.862. The molecular weight excluding hydrogens is 303 g/mol. The Kier molecular flexibility index (Phi) is 6.17. The topological polar surface area (TPSA) is 70.7 Å². The van der Waals surface area contributed by atoms with Gasteiger partial charge in [0.1, 0.15) is 5.75 Å². The van der Waals surface area contributed by atoms with E-state index in [0.717, 1.165) is 0 Å². The molecule has 0 radical (unpaired) electrons. The maximum atomic E-state index is 12.3. The van der Waals surface area contributed by atoms with Crippen molar-refractivity contribution in [2.24, 2.45) is 0 Å². The number of imide groups is 1. The van der Waals surface area contributed by atoms with E-state index >= 15 is 0 Å². The maximum absolute atomic E-state index is 12.3. The zero-order valence-electron chi connectivity index (χ0n) is 12.0. The molecule has 0 saturated carbocycles. The normalized spacial score (nSPS) is 11.2. The van der Waals surface area contributed by atoms with Crippen LogP contribution in [0.15, 0.2) is 24.3 Å². The molecule has 1 aromatic rings. The second-order valence-corrected chi connectivity index (χ2v) is 4.46. The van der Waals surface area contributed by atoms with E-state index in [0.29, 0.717) is 0 Å². The molecule has 0 bridgehead atoms. The number of para-hydroxylation sites is 1. The van der Waals surface area contributed by atoms with Gasteiger partial charge in [-0.2, -0.15) is 0 Å². The van der Waals surface area contributed by atoms with Gasteiger partial charge in [-0.1, -0.05) is 18.2 Å². The summed E-state index contributed by atoms with van der Waals surface area (Å²) in [7, 11) is 2.89. The first-order chi connectivity index (χ1) is 10.2. The molecule has 9 heteroatoms. The van der Waals surface area contributed by atoms with Gasteiger partial charge in [0.25, 0.3) is 0 Å². The third-order valence-electron chi connectivity index (χ3n) is 2.53. The van der Waals surface area contributed by atoms with Crippen LogP contribution >= 0.6 is 0 Å². The lowest BCUT2D eigenvalue weighted by molar-refractivity contribution is -0.275. The number of rotatable bonds is 5. The number of urea groups is 1. The van der Waals surface area contributed by atoms with Crippen molar-refractivity contribution in [2.45, 2.75) is 12.9 Å². The third kappa shape index (κ3) is 6.44. The zero-order valence-corrected chi connectivity index (χ0v) is 12.0. The number of ether oxygens (including phenoxy) is 1. The molecule has 0 fully saturated rings. The van der Waals surface area contributed by atoms with Gasteiger partial charge < -0.3 is 10.1 Å². The van der Waals surface area contributed by atoms with E-state index in [1.165, 1.54) is 37.2 Å². The molecule has 0 atom stereocenters. The summed E-state index contributed by atoms with van der Waals surface area (Å²) in [5.41, 5.74) is 0.273. The second-order valence-electron chi connectivity index (χ2n) is 4.46. The summed E-state index contributed by atoms with van der Waals surface area (Å²) in [4.78, 5) is 23.9. The van der Waals surface area contributed by atoms with Crippen molar-refractivity contribution >= 4 is 11.9 Å². The molecule has 0 heterocycles. The second kappa shape index (κ2) is 7.64. The molecular formula is C13H16F3N3O3. The number of hydrogen-bond acceptors (Lipinski definition) is 4. The van der Waals surface area contributed by atoms with Crippen LogP contribution in [-0.4, -0.2) is 43.8 Å². The Bertz CT molecular complexity index is 535. The molecule has 0 aliphatic heterocycles. The van der Waals surface area contributed by atoms with Crippen LogP contribution in [0, 0.1) is 0 Å². The lowest BCUT2D eigenvalue weighted by atomic mass is 10.2. The van der Waals surface area contributed by atoms with Crippen molar-refractivity contribution in [3.8, 4) is 5.75 Å². The Morgan fingerprint density at radius 1 is 1.27 bits per heavy atom. The molecule has 1 aromatic carbocycles. The van der Waals surface area contributed by atoms with Gasteiger partial charge in [0.2, 0.25) is 5.91 Å². The molecule has 0 aromatic heterocycles. The number of hydrogen-bond donors (Lipinski definition) is 2. The maximum Gasteiger partial charge on any atom is 0.573 e. The van der Waals surface area contributed by atoms with Crippen molar-refractivity contribution in [3.05, 3.63) is 29.8 Å². The van der Waals surface area contributed by atoms with Gasteiger partial charge >= 0.3 is 12.4 Å². The van der Waals surface area contributed by atoms with Crippen LogP contribution in [0.1, 0.15) is 5.56 Å². The molecule has 122 valence electrons. The van der Waals surface area contributed by atoms with Crippen molar-refractivity contribution in [3.63, 3.8) is 0 Å². The molecule has 22 heavy (non-hydrogen) atoms. The Balaban J connectivity index is 2.66. The number of nitrogens with zero attached hydrogens (tertiary/aromatic N) is 1. The van der Waals surface area contributed by atoms with Crippen molar-refractivity contribution in [1.29, 1.82) is 0 Å². The minimum Gasteiger partial charge on any atom is -0.405 e. The molecule has 0 unspecified atom stereocenters. The summed E-state index contributed by atoms with van der Waals surface area (Å²) in [5, 5.41) is 4.28. The highest BCUT2D eigenvalue weighted by Gasteiger charge is 2.32. The van der Waals surface area contributed by atoms with Gasteiger partial charge in [-0.15, -0.1) is 13.2 Å². The standard InChI is InChI=1S/C13H16F3N3O3/c1-17-12(21)18-11(20)8-19(2)7-9-5-3-4-6-10(9)22-13(14,15)16/h3-6H,7-8H2,1-2H3,(H2,17,18,20,21). The van der Waals surface area contributed by atoms with E-state index in [9.17, 15) is 22.8 Å². The average Bonchev–Trinajstić information content (AvgIpc) is 2.38. The fourth-order valence-electron chi connectivity index (χ4n) is 1.68. The van der Waals surface area contributed by atoms with Crippen LogP contribution in [0.5, 0.6) is 5.75 Å². The van der Waals surface area contributed by atoms with E-state index in [1.807, 2.05) is 0 Å². The smallest absolute Gasteiger partial charge is 0.405 e. The number of amides is 3. The first-order valence-electron chi connectivity index (χ1n) is 6.25. The van der Waals surface area contributed by atoms with Crippen LogP contribution in [0.2, 0.25) is 0 Å². The number of benzene rings is 1. The summed E-state index contributed by atoms with van der Waals surface area (Å²) in [6.07, 6.45) is -4.79. The number of alkyl halides is 3. The van der Waals surface area contributed by atoms with Crippen molar-refractivity contribution in [2.75, 3.05) is 20.6 Å². The van der Waals surface area contributed by atoms with Crippen LogP contribution in [0.25, 0.3) is 0 Å². The SMILES string of the molecule is CNC(=O)NC(=O)CN(C)Cc1ccccc1OC(F)(F)F. The predicted molar refractivity (Wildman–Crippen MR) is 72.1 cm³/mol. The van der Waals surface area contributed by atoms with Gasteiger partial charge in [-0.05, 0) is 13.1 Å². The van der Waals surface area contributed by atoms with Gasteiger partial charge in [0.05, 0.1) is 6.54 Å². The highest BCUT2D eigenvalue weighted by atomic mass is 19.4. The number of nitrogens with one attached hydrogen (secondary N) is 2. The predicted octanol–water partition coefficient (Wildman–Crippen LogP) is 1.47. The Hall–Kier alpha value is -2.29. The van der Waals surface area contributed by atoms with Crippen LogP contribution in [0.3, 0.4) is 0 Å². The molecule has 0 saturated heterocycles. The Morgan fingerprint density at radius 2 is 1.91 bits per heavy atom. The van der Waals surface area contributed by atoms with Crippen LogP contribution in [0.4, 0.5) is 18.0 Å². The Morgan fingerprint density at radius 3 is 2.50 bits per heavy atom. The molecule has 0 aliphatic carbocycles. The highest BCUT2D eigenvalue weighted by molar-refractivity contribution is 5.95. The zero-order chi connectivity index (χ0) is 16.8. The summed E-state index contributed by atoms with van der Waals surface area (Å²) in [6, 6.07) is 4.99. The summed E-state index contributed by atoms with van der Waals surface area (Å²) >= 11 is 0. The largest absolute Gasteiger partial charge is 0.573 e. The minimum atomic E-state index is -4.79. The van der Waals surface area contributed by atoms with E-state index < -0.39 is 18.3 Å². The number of carbonyl (C=O) groups is 2. The minimum absolute atomic E-state index is 0.0490. The number of halogens is 3. The molecule has 2 N–H and O–H groups in total. The number of likely N-dealkylation sites (N-methyl/N-ethyl adjacent to an activating group) is 1. The van der Waals surface area contributed by atoms with Crippen molar-refractivity contribution in [1.82, 2.24) is 15.5 Å². The van der Waals surface area contributed by atoms with E-state index in [4.69, 9.17) is 0 Å². The Labute approximate surface area is 125 Å². The fraction of sp³-hybridized carbons (Fsp3) is 0.385. The monoisotopic (exact) mass is 319 g/mol. The molecule has 0 aliphatic rings. The summed E-state index contributed by atoms with van der Waals surface area (Å²) in [6.45, 7) is -0.110. The molecule has 6 nitrogen and oxygen atoms in total. The molecule has 3 amide bonds. The van der Waals surface area contributed by atoms with E-state index in [1.54, 1.807) is 6.07 Å². The van der Waals surface area contributed by atoms with Gasteiger partial charge in [-0.3, -0.25) is 15.0 Å². The summed E-state index contributed by atoms with van der Waals surface area (Å²) < 4.78 is 40.9. The van der Waals surface area contributed by atoms with E-state index in [2.05, 4.69) is 15.4 Å². The fourth-order valence-corrected chi connectivity index (χ4v) is 1.68. The third-order valence-corrected chi connectivity index (χ3v) is 2.53. The van der Waals surface area contributed by atoms with Gasteiger partial charge in [-0.25, -0.2) is 4.79 Å². The molecule has 0 spiro atoms. The molecule has 1 rings (SSSR count). The average molecular weight is 319 g/mol.